The first-order chi connectivity index (χ1) is 13.2. The van der Waals surface area contributed by atoms with Crippen molar-refractivity contribution in [1.29, 1.82) is 0 Å². The second-order valence-electron chi connectivity index (χ2n) is 6.89. The molecule has 2 aromatic heterocycles. The first-order valence-corrected chi connectivity index (χ1v) is 10.7. The number of thiazole rings is 1. The fraction of sp³-hybridized carbons (Fsp3) is 0.250. The van der Waals surface area contributed by atoms with Crippen LogP contribution < -0.4 is 5.32 Å². The summed E-state index contributed by atoms with van der Waals surface area (Å²) in [7, 11) is 0. The minimum absolute atomic E-state index is 0.162. The largest absolute Gasteiger partial charge is 0.325 e. The van der Waals surface area contributed by atoms with Crippen molar-refractivity contribution in [3.05, 3.63) is 63.3 Å². The number of urea groups is 1. The molecular formula is C20H17N3O2S2. The summed E-state index contributed by atoms with van der Waals surface area (Å²) < 4.78 is 0. The Morgan fingerprint density at radius 3 is 2.93 bits per heavy atom. The average Bonchev–Trinajstić information content (AvgIpc) is 3.40. The summed E-state index contributed by atoms with van der Waals surface area (Å²) in [5.74, 6) is -0.162. The molecule has 0 bridgehead atoms. The number of nitrogens with one attached hydrogen (secondary N) is 1. The summed E-state index contributed by atoms with van der Waals surface area (Å²) >= 11 is 3.16. The number of amides is 3. The van der Waals surface area contributed by atoms with Gasteiger partial charge >= 0.3 is 6.03 Å². The molecule has 3 heterocycles. The Kier molecular flexibility index (Phi) is 3.87. The van der Waals surface area contributed by atoms with Gasteiger partial charge in [-0.15, -0.1) is 11.3 Å². The first-order valence-electron chi connectivity index (χ1n) is 8.87. The molecule has 1 atom stereocenters. The summed E-state index contributed by atoms with van der Waals surface area (Å²) in [6.45, 7) is 0.204. The van der Waals surface area contributed by atoms with Crippen LogP contribution in [0.3, 0.4) is 0 Å². The molecule has 5 rings (SSSR count). The Labute approximate surface area is 164 Å². The second-order valence-corrected chi connectivity index (χ2v) is 8.53. The zero-order chi connectivity index (χ0) is 18.4. The van der Waals surface area contributed by atoms with E-state index in [1.165, 1.54) is 16.2 Å². The summed E-state index contributed by atoms with van der Waals surface area (Å²) in [6.07, 6.45) is 2.47. The molecule has 5 nitrogen and oxygen atoms in total. The number of aromatic nitrogens is 1. The summed E-state index contributed by atoms with van der Waals surface area (Å²) in [6, 6.07) is 9.62. The SMILES string of the molecule is O=C1N[C@]2(CCCc3ccccc32)C(=O)N1Cc1csc(-c2ccsc2)n1. The van der Waals surface area contributed by atoms with Crippen LogP contribution >= 0.6 is 22.7 Å². The molecule has 1 spiro atoms. The normalized spacial score (nSPS) is 21.6. The molecule has 7 heteroatoms. The van der Waals surface area contributed by atoms with Gasteiger partial charge in [0.1, 0.15) is 10.5 Å². The fourth-order valence-corrected chi connectivity index (χ4v) is 5.54. The van der Waals surface area contributed by atoms with Gasteiger partial charge in [0.15, 0.2) is 0 Å². The number of benzene rings is 1. The fourth-order valence-electron chi connectivity index (χ4n) is 4.02. The van der Waals surface area contributed by atoms with Crippen molar-refractivity contribution in [3.8, 4) is 10.6 Å². The van der Waals surface area contributed by atoms with Crippen molar-refractivity contribution in [1.82, 2.24) is 15.2 Å². The predicted octanol–water partition coefficient (Wildman–Crippen LogP) is 4.16. The van der Waals surface area contributed by atoms with Gasteiger partial charge in [-0.1, -0.05) is 24.3 Å². The molecule has 27 heavy (non-hydrogen) atoms. The number of aryl methyl sites for hydroxylation is 1. The second kappa shape index (κ2) is 6.28. The van der Waals surface area contributed by atoms with E-state index in [-0.39, 0.29) is 18.5 Å². The van der Waals surface area contributed by atoms with Crippen LogP contribution in [-0.2, 0) is 23.3 Å². The molecule has 1 aliphatic carbocycles. The van der Waals surface area contributed by atoms with Crippen LogP contribution in [0, 0.1) is 0 Å². The Morgan fingerprint density at radius 2 is 2.07 bits per heavy atom. The molecule has 1 saturated heterocycles. The lowest BCUT2D eigenvalue weighted by atomic mass is 9.76. The minimum atomic E-state index is -0.919. The van der Waals surface area contributed by atoms with Crippen molar-refractivity contribution in [3.63, 3.8) is 0 Å². The van der Waals surface area contributed by atoms with Crippen molar-refractivity contribution in [2.45, 2.75) is 31.3 Å². The third-order valence-corrected chi connectivity index (χ3v) is 6.91. The zero-order valence-electron chi connectivity index (χ0n) is 14.5. The average molecular weight is 396 g/mol. The van der Waals surface area contributed by atoms with E-state index in [1.54, 1.807) is 11.3 Å². The highest BCUT2D eigenvalue weighted by Crippen LogP contribution is 2.40. The highest BCUT2D eigenvalue weighted by atomic mass is 32.1. The topological polar surface area (TPSA) is 62.3 Å². The lowest BCUT2D eigenvalue weighted by molar-refractivity contribution is -0.132. The van der Waals surface area contributed by atoms with E-state index in [2.05, 4.69) is 10.3 Å². The summed E-state index contributed by atoms with van der Waals surface area (Å²) in [4.78, 5) is 31.9. The van der Waals surface area contributed by atoms with Crippen LogP contribution in [0.2, 0.25) is 0 Å². The molecule has 1 fully saturated rings. The number of thiophene rings is 1. The van der Waals surface area contributed by atoms with E-state index in [0.717, 1.165) is 40.2 Å². The quantitative estimate of drug-likeness (QED) is 0.678. The number of carbonyl (C=O) groups excluding carboxylic acids is 2. The first kappa shape index (κ1) is 16.6. The maximum absolute atomic E-state index is 13.3. The van der Waals surface area contributed by atoms with Gasteiger partial charge in [-0.05, 0) is 41.8 Å². The Bertz CT molecular complexity index is 1030. The molecule has 1 aliphatic heterocycles. The zero-order valence-corrected chi connectivity index (χ0v) is 16.1. The Balaban J connectivity index is 1.44. The van der Waals surface area contributed by atoms with E-state index in [9.17, 15) is 9.59 Å². The third-order valence-electron chi connectivity index (χ3n) is 5.29. The van der Waals surface area contributed by atoms with E-state index in [4.69, 9.17) is 0 Å². The van der Waals surface area contributed by atoms with Crippen LogP contribution in [0.1, 0.15) is 29.7 Å². The van der Waals surface area contributed by atoms with Crippen LogP contribution in [0.25, 0.3) is 10.6 Å². The van der Waals surface area contributed by atoms with E-state index in [0.29, 0.717) is 6.42 Å². The molecule has 0 radical (unpaired) electrons. The van der Waals surface area contributed by atoms with E-state index in [1.807, 2.05) is 46.5 Å². The number of rotatable bonds is 3. The summed E-state index contributed by atoms with van der Waals surface area (Å²) in [5.41, 5.74) is 2.98. The number of carbonyl (C=O) groups is 2. The molecular weight excluding hydrogens is 378 g/mol. The smallest absolute Gasteiger partial charge is 0.319 e. The highest BCUT2D eigenvalue weighted by Gasteiger charge is 2.53. The lowest BCUT2D eigenvalue weighted by Gasteiger charge is -2.33. The van der Waals surface area contributed by atoms with E-state index < -0.39 is 5.54 Å². The standard InChI is InChI=1S/C20H17N3O2S2/c24-18-20(8-3-5-13-4-1-2-6-16(13)20)22-19(25)23(18)10-15-12-27-17(21-15)14-7-9-26-11-14/h1-2,4,6-7,9,11-12H,3,5,8,10H2,(H,22,25)/t20-/m0/s1. The monoisotopic (exact) mass is 395 g/mol. The number of hydrogen-bond acceptors (Lipinski definition) is 5. The highest BCUT2D eigenvalue weighted by molar-refractivity contribution is 7.14. The molecule has 0 saturated carbocycles. The van der Waals surface area contributed by atoms with Gasteiger partial charge in [0.25, 0.3) is 5.91 Å². The number of hydrogen-bond donors (Lipinski definition) is 1. The summed E-state index contributed by atoms with van der Waals surface area (Å²) in [5, 5.41) is 9.89. The minimum Gasteiger partial charge on any atom is -0.319 e. The van der Waals surface area contributed by atoms with Gasteiger partial charge in [0.05, 0.1) is 12.2 Å². The number of fused-ring (bicyclic) bond motifs is 2. The van der Waals surface area contributed by atoms with Crippen molar-refractivity contribution in [2.75, 3.05) is 0 Å². The van der Waals surface area contributed by atoms with Gasteiger partial charge in [-0.25, -0.2) is 9.78 Å². The van der Waals surface area contributed by atoms with E-state index >= 15 is 0 Å². The van der Waals surface area contributed by atoms with Gasteiger partial charge in [0, 0.05) is 16.3 Å². The van der Waals surface area contributed by atoms with Crippen LogP contribution in [0.5, 0.6) is 0 Å². The van der Waals surface area contributed by atoms with Gasteiger partial charge < -0.3 is 5.32 Å². The van der Waals surface area contributed by atoms with Gasteiger partial charge in [-0.3, -0.25) is 9.69 Å². The molecule has 1 N–H and O–H groups in total. The molecule has 136 valence electrons. The van der Waals surface area contributed by atoms with Crippen LogP contribution in [0.15, 0.2) is 46.5 Å². The van der Waals surface area contributed by atoms with Gasteiger partial charge in [-0.2, -0.15) is 11.3 Å². The molecule has 3 amide bonds. The van der Waals surface area contributed by atoms with Crippen molar-refractivity contribution < 1.29 is 9.59 Å². The van der Waals surface area contributed by atoms with Crippen molar-refractivity contribution >= 4 is 34.6 Å². The Hall–Kier alpha value is -2.51. The number of imide groups is 1. The molecule has 3 aromatic rings. The van der Waals surface area contributed by atoms with Gasteiger partial charge in [0.2, 0.25) is 0 Å². The molecule has 2 aliphatic rings. The molecule has 1 aromatic carbocycles. The van der Waals surface area contributed by atoms with Crippen LogP contribution in [0.4, 0.5) is 4.79 Å². The lowest BCUT2D eigenvalue weighted by Crippen LogP contribution is -2.46. The maximum Gasteiger partial charge on any atom is 0.325 e. The van der Waals surface area contributed by atoms with Crippen molar-refractivity contribution in [2.24, 2.45) is 0 Å². The van der Waals surface area contributed by atoms with Crippen LogP contribution in [-0.4, -0.2) is 21.8 Å². The third kappa shape index (κ3) is 2.61. The Morgan fingerprint density at radius 1 is 1.19 bits per heavy atom. The maximum atomic E-state index is 13.3. The predicted molar refractivity (Wildman–Crippen MR) is 106 cm³/mol. The molecule has 0 unspecified atom stereocenters. The number of nitrogens with zero attached hydrogens (tertiary/aromatic N) is 2.